The summed E-state index contributed by atoms with van der Waals surface area (Å²) in [6.45, 7) is 7.63. The molecule has 1 aliphatic heterocycles. The third-order valence-corrected chi connectivity index (χ3v) is 7.95. The highest BCUT2D eigenvalue weighted by atomic mass is 32.2. The first-order chi connectivity index (χ1) is 15.3. The molecule has 0 saturated carbocycles. The first kappa shape index (κ1) is 24.7. The molecular formula is C26H37NO4S. The predicted octanol–water partition coefficient (Wildman–Crippen LogP) is 4.10. The summed E-state index contributed by atoms with van der Waals surface area (Å²) in [7, 11) is -3.24. The summed E-state index contributed by atoms with van der Waals surface area (Å²) < 4.78 is 31.0. The van der Waals surface area contributed by atoms with Crippen LogP contribution >= 0.6 is 0 Å². The molecule has 0 unspecified atom stereocenters. The fourth-order valence-electron chi connectivity index (χ4n) is 4.26. The second-order valence-electron chi connectivity index (χ2n) is 9.27. The lowest BCUT2D eigenvalue weighted by Gasteiger charge is -2.35. The largest absolute Gasteiger partial charge is 0.494 e. The van der Waals surface area contributed by atoms with Gasteiger partial charge in [-0.1, -0.05) is 63.6 Å². The topological polar surface area (TPSA) is 75.6 Å². The SMILES string of the molecule is CCCCOc1cccc(C[C@@H]2CS(=O)(=O)C[C@H](NCc3cccc(C(C)C)c3)[C@H]2O)c1. The average molecular weight is 460 g/mol. The average Bonchev–Trinajstić information content (AvgIpc) is 2.75. The summed E-state index contributed by atoms with van der Waals surface area (Å²) in [6, 6.07) is 15.6. The molecular weight excluding hydrogens is 422 g/mol. The van der Waals surface area contributed by atoms with Crippen molar-refractivity contribution in [2.75, 3.05) is 18.1 Å². The minimum absolute atomic E-state index is 0.0100. The van der Waals surface area contributed by atoms with Crippen LogP contribution in [0, 0.1) is 5.92 Å². The van der Waals surface area contributed by atoms with Crippen LogP contribution in [-0.4, -0.2) is 43.8 Å². The van der Waals surface area contributed by atoms with E-state index in [1.54, 1.807) is 0 Å². The number of rotatable bonds is 10. The molecule has 0 radical (unpaired) electrons. The lowest BCUT2D eigenvalue weighted by molar-refractivity contribution is 0.0781. The van der Waals surface area contributed by atoms with Crippen LogP contribution in [0.5, 0.6) is 5.75 Å². The highest BCUT2D eigenvalue weighted by molar-refractivity contribution is 7.91. The van der Waals surface area contributed by atoms with Crippen molar-refractivity contribution in [3.05, 3.63) is 65.2 Å². The number of nitrogens with one attached hydrogen (secondary N) is 1. The van der Waals surface area contributed by atoms with Gasteiger partial charge in [-0.3, -0.25) is 0 Å². The maximum absolute atomic E-state index is 12.6. The Balaban J connectivity index is 1.66. The van der Waals surface area contributed by atoms with E-state index in [4.69, 9.17) is 4.74 Å². The number of sulfone groups is 1. The number of unbranched alkanes of at least 4 members (excludes halogenated alkanes) is 1. The summed E-state index contributed by atoms with van der Waals surface area (Å²) in [5.41, 5.74) is 3.34. The lowest BCUT2D eigenvalue weighted by Crippen LogP contribution is -2.54. The molecule has 5 nitrogen and oxygen atoms in total. The Morgan fingerprint density at radius 1 is 1.09 bits per heavy atom. The number of aliphatic hydroxyl groups excluding tert-OH is 1. The van der Waals surface area contributed by atoms with Gasteiger partial charge >= 0.3 is 0 Å². The molecule has 0 aromatic heterocycles. The Bertz CT molecular complexity index is 973. The van der Waals surface area contributed by atoms with E-state index in [1.165, 1.54) is 5.56 Å². The van der Waals surface area contributed by atoms with Crippen molar-refractivity contribution in [3.8, 4) is 5.75 Å². The van der Waals surface area contributed by atoms with Gasteiger partial charge in [-0.15, -0.1) is 0 Å². The van der Waals surface area contributed by atoms with Crippen molar-refractivity contribution < 1.29 is 18.3 Å². The highest BCUT2D eigenvalue weighted by Crippen LogP contribution is 2.26. The van der Waals surface area contributed by atoms with E-state index in [0.29, 0.717) is 25.5 Å². The van der Waals surface area contributed by atoms with E-state index >= 15 is 0 Å². The minimum atomic E-state index is -3.24. The van der Waals surface area contributed by atoms with Gasteiger partial charge in [0.15, 0.2) is 9.84 Å². The Kier molecular flexibility index (Phi) is 8.74. The van der Waals surface area contributed by atoms with Crippen molar-refractivity contribution in [3.63, 3.8) is 0 Å². The summed E-state index contributed by atoms with van der Waals surface area (Å²) in [4.78, 5) is 0. The third-order valence-electron chi connectivity index (χ3n) is 6.15. The van der Waals surface area contributed by atoms with Crippen molar-refractivity contribution in [1.82, 2.24) is 5.32 Å². The van der Waals surface area contributed by atoms with Crippen LogP contribution in [-0.2, 0) is 22.8 Å². The molecule has 3 rings (SSSR count). The van der Waals surface area contributed by atoms with Gasteiger partial charge in [0.25, 0.3) is 0 Å². The number of hydrogen-bond donors (Lipinski definition) is 2. The smallest absolute Gasteiger partial charge is 0.152 e. The fraction of sp³-hybridized carbons (Fsp3) is 0.538. The molecule has 0 bridgehead atoms. The van der Waals surface area contributed by atoms with E-state index in [9.17, 15) is 13.5 Å². The molecule has 3 atom stereocenters. The second-order valence-corrected chi connectivity index (χ2v) is 11.4. The highest BCUT2D eigenvalue weighted by Gasteiger charge is 2.39. The molecule has 1 saturated heterocycles. The second kappa shape index (κ2) is 11.3. The zero-order valence-electron chi connectivity index (χ0n) is 19.5. The standard InChI is InChI=1S/C26H37NO4S/c1-4-5-12-31-24-11-7-8-20(15-24)13-23-17-32(29,30)18-25(26(23)28)27-16-21-9-6-10-22(14-21)19(2)3/h6-11,14-15,19,23,25-28H,4-5,12-13,16-18H2,1-3H3/t23-,25+,26+/m1/s1. The third kappa shape index (κ3) is 7.06. The molecule has 176 valence electrons. The zero-order valence-corrected chi connectivity index (χ0v) is 20.3. The van der Waals surface area contributed by atoms with Crippen LogP contribution in [0.15, 0.2) is 48.5 Å². The first-order valence-electron chi connectivity index (χ1n) is 11.7. The zero-order chi connectivity index (χ0) is 23.1. The van der Waals surface area contributed by atoms with Crippen LogP contribution in [0.4, 0.5) is 0 Å². The van der Waals surface area contributed by atoms with Crippen molar-refractivity contribution >= 4 is 9.84 Å². The number of ether oxygens (including phenoxy) is 1. The van der Waals surface area contributed by atoms with Crippen LogP contribution < -0.4 is 10.1 Å². The first-order valence-corrected chi connectivity index (χ1v) is 13.5. The summed E-state index contributed by atoms with van der Waals surface area (Å²) in [5, 5.41) is 14.3. The van der Waals surface area contributed by atoms with E-state index in [-0.39, 0.29) is 17.4 Å². The van der Waals surface area contributed by atoms with Gasteiger partial charge < -0.3 is 15.2 Å². The van der Waals surface area contributed by atoms with Crippen molar-refractivity contribution in [2.24, 2.45) is 5.92 Å². The molecule has 2 aromatic carbocycles. The van der Waals surface area contributed by atoms with Crippen molar-refractivity contribution in [1.29, 1.82) is 0 Å². The van der Waals surface area contributed by atoms with Crippen LogP contribution in [0.25, 0.3) is 0 Å². The molecule has 1 aliphatic rings. The van der Waals surface area contributed by atoms with E-state index < -0.39 is 22.0 Å². The maximum atomic E-state index is 12.6. The molecule has 1 heterocycles. The molecule has 2 aromatic rings. The van der Waals surface area contributed by atoms with Gasteiger partial charge in [0.1, 0.15) is 5.75 Å². The Morgan fingerprint density at radius 3 is 2.59 bits per heavy atom. The quantitative estimate of drug-likeness (QED) is 0.523. The van der Waals surface area contributed by atoms with Crippen LogP contribution in [0.2, 0.25) is 0 Å². The van der Waals surface area contributed by atoms with Crippen molar-refractivity contribution in [2.45, 2.75) is 64.6 Å². The molecule has 1 fully saturated rings. The lowest BCUT2D eigenvalue weighted by atomic mass is 9.91. The Hall–Kier alpha value is -1.89. The van der Waals surface area contributed by atoms with Gasteiger partial charge in [-0.05, 0) is 47.6 Å². The molecule has 6 heteroatoms. The Morgan fingerprint density at radius 2 is 1.84 bits per heavy atom. The normalized spacial score (nSPS) is 22.7. The minimum Gasteiger partial charge on any atom is -0.494 e. The number of hydrogen-bond acceptors (Lipinski definition) is 5. The van der Waals surface area contributed by atoms with Gasteiger partial charge in [-0.2, -0.15) is 0 Å². The summed E-state index contributed by atoms with van der Waals surface area (Å²) >= 11 is 0. The van der Waals surface area contributed by atoms with Gasteiger partial charge in [0.2, 0.25) is 0 Å². The van der Waals surface area contributed by atoms with E-state index in [1.807, 2.05) is 36.4 Å². The number of aliphatic hydroxyl groups is 1. The Labute approximate surface area is 193 Å². The molecule has 32 heavy (non-hydrogen) atoms. The summed E-state index contributed by atoms with van der Waals surface area (Å²) in [5.74, 6) is 0.856. The molecule has 0 amide bonds. The van der Waals surface area contributed by atoms with Gasteiger partial charge in [-0.25, -0.2) is 8.42 Å². The predicted molar refractivity (Wildman–Crippen MR) is 130 cm³/mol. The number of benzene rings is 2. The maximum Gasteiger partial charge on any atom is 0.152 e. The van der Waals surface area contributed by atoms with Gasteiger partial charge in [0, 0.05) is 18.5 Å². The van der Waals surface area contributed by atoms with E-state index in [0.717, 1.165) is 29.7 Å². The van der Waals surface area contributed by atoms with E-state index in [2.05, 4.69) is 38.2 Å². The monoisotopic (exact) mass is 459 g/mol. The van der Waals surface area contributed by atoms with Crippen LogP contribution in [0.1, 0.15) is 56.2 Å². The van der Waals surface area contributed by atoms with Gasteiger partial charge in [0.05, 0.1) is 24.2 Å². The van der Waals surface area contributed by atoms with Crippen LogP contribution in [0.3, 0.4) is 0 Å². The molecule has 2 N–H and O–H groups in total. The summed E-state index contributed by atoms with van der Waals surface area (Å²) in [6.07, 6.45) is 1.85. The molecule has 0 spiro atoms. The fourth-order valence-corrected chi connectivity index (χ4v) is 6.23. The molecule has 0 aliphatic carbocycles.